The van der Waals surface area contributed by atoms with Crippen molar-refractivity contribution in [2.75, 3.05) is 26.2 Å². The molecule has 2 saturated heterocycles. The highest BCUT2D eigenvalue weighted by Gasteiger charge is 2.45. The normalized spacial score (nSPS) is 32.9. The molecule has 3 atom stereocenters. The molecule has 2 rings (SSSR count). The number of nitrogens with one attached hydrogen (secondary N) is 1. The van der Waals surface area contributed by atoms with E-state index >= 15 is 0 Å². The standard InChI is InChI=1S/C14H27N3O2/c1-10-8-15-6-7-16(10)12-9-17(11(12)2)13(18)19-14(3,4)5/h10-12,15H,6-9H2,1-5H3/t10-,11+,12+/m0/s1. The maximum Gasteiger partial charge on any atom is 0.410 e. The lowest BCUT2D eigenvalue weighted by molar-refractivity contribution is -0.0567. The summed E-state index contributed by atoms with van der Waals surface area (Å²) in [5, 5.41) is 3.40. The van der Waals surface area contributed by atoms with Gasteiger partial charge in [-0.05, 0) is 34.6 Å². The van der Waals surface area contributed by atoms with E-state index in [1.165, 1.54) is 0 Å². The predicted molar refractivity (Wildman–Crippen MR) is 75.2 cm³/mol. The van der Waals surface area contributed by atoms with Gasteiger partial charge in [0, 0.05) is 44.3 Å². The van der Waals surface area contributed by atoms with E-state index in [1.54, 1.807) is 0 Å². The molecule has 5 nitrogen and oxygen atoms in total. The van der Waals surface area contributed by atoms with Gasteiger partial charge in [-0.1, -0.05) is 0 Å². The number of piperazine rings is 1. The van der Waals surface area contributed by atoms with Crippen molar-refractivity contribution in [3.8, 4) is 0 Å². The van der Waals surface area contributed by atoms with Crippen molar-refractivity contribution in [3.05, 3.63) is 0 Å². The van der Waals surface area contributed by atoms with E-state index in [4.69, 9.17) is 4.74 Å². The first-order valence-corrected chi connectivity index (χ1v) is 7.25. The van der Waals surface area contributed by atoms with Crippen LogP contribution in [0.15, 0.2) is 0 Å². The molecule has 0 bridgehead atoms. The van der Waals surface area contributed by atoms with Crippen LogP contribution in [0.2, 0.25) is 0 Å². The van der Waals surface area contributed by atoms with Crippen LogP contribution in [0.4, 0.5) is 4.79 Å². The number of hydrogen-bond acceptors (Lipinski definition) is 4. The molecule has 0 aliphatic carbocycles. The monoisotopic (exact) mass is 269 g/mol. The molecule has 1 N–H and O–H groups in total. The lowest BCUT2D eigenvalue weighted by Crippen LogP contribution is -2.70. The highest BCUT2D eigenvalue weighted by molar-refractivity contribution is 5.70. The van der Waals surface area contributed by atoms with Crippen LogP contribution in [0, 0.1) is 0 Å². The Morgan fingerprint density at radius 2 is 2.00 bits per heavy atom. The summed E-state index contributed by atoms with van der Waals surface area (Å²) >= 11 is 0. The second-order valence-corrected chi connectivity index (χ2v) is 6.73. The van der Waals surface area contributed by atoms with Crippen LogP contribution in [0.25, 0.3) is 0 Å². The van der Waals surface area contributed by atoms with Crippen LogP contribution in [-0.2, 0) is 4.74 Å². The molecule has 0 aromatic heterocycles. The molecular weight excluding hydrogens is 242 g/mol. The topological polar surface area (TPSA) is 44.8 Å². The highest BCUT2D eigenvalue weighted by Crippen LogP contribution is 2.27. The van der Waals surface area contributed by atoms with E-state index in [9.17, 15) is 4.79 Å². The Morgan fingerprint density at radius 3 is 2.53 bits per heavy atom. The first-order chi connectivity index (χ1) is 8.79. The Morgan fingerprint density at radius 1 is 1.32 bits per heavy atom. The summed E-state index contributed by atoms with van der Waals surface area (Å²) in [6.45, 7) is 14.0. The van der Waals surface area contributed by atoms with E-state index in [-0.39, 0.29) is 12.1 Å². The second kappa shape index (κ2) is 5.29. The minimum Gasteiger partial charge on any atom is -0.444 e. The van der Waals surface area contributed by atoms with Crippen molar-refractivity contribution in [3.63, 3.8) is 0 Å². The molecule has 110 valence electrons. The van der Waals surface area contributed by atoms with E-state index in [0.717, 1.165) is 26.2 Å². The molecule has 2 aliphatic rings. The Labute approximate surface area is 116 Å². The third kappa shape index (κ3) is 3.20. The summed E-state index contributed by atoms with van der Waals surface area (Å²) in [5.41, 5.74) is -0.412. The summed E-state index contributed by atoms with van der Waals surface area (Å²) in [6, 6.07) is 1.27. The second-order valence-electron chi connectivity index (χ2n) is 6.73. The number of ether oxygens (including phenoxy) is 1. The third-order valence-corrected chi connectivity index (χ3v) is 4.04. The van der Waals surface area contributed by atoms with Crippen LogP contribution in [0.1, 0.15) is 34.6 Å². The first-order valence-electron chi connectivity index (χ1n) is 7.25. The Bertz CT molecular complexity index is 340. The van der Waals surface area contributed by atoms with Crippen molar-refractivity contribution in [1.82, 2.24) is 15.1 Å². The minimum atomic E-state index is -0.412. The van der Waals surface area contributed by atoms with Gasteiger partial charge >= 0.3 is 6.09 Å². The highest BCUT2D eigenvalue weighted by atomic mass is 16.6. The van der Waals surface area contributed by atoms with Gasteiger partial charge in [0.05, 0.1) is 0 Å². The molecule has 2 fully saturated rings. The zero-order chi connectivity index (χ0) is 14.2. The van der Waals surface area contributed by atoms with Gasteiger partial charge < -0.3 is 15.0 Å². The molecule has 0 aromatic carbocycles. The summed E-state index contributed by atoms with van der Waals surface area (Å²) in [7, 11) is 0. The molecule has 0 radical (unpaired) electrons. The van der Waals surface area contributed by atoms with Crippen molar-refractivity contribution < 1.29 is 9.53 Å². The minimum absolute atomic E-state index is 0.181. The number of hydrogen-bond donors (Lipinski definition) is 1. The fourth-order valence-corrected chi connectivity index (χ4v) is 2.88. The zero-order valence-corrected chi connectivity index (χ0v) is 12.8. The molecule has 5 heteroatoms. The van der Waals surface area contributed by atoms with Crippen LogP contribution in [0.5, 0.6) is 0 Å². The number of carbonyl (C=O) groups excluding carboxylic acids is 1. The fourth-order valence-electron chi connectivity index (χ4n) is 2.88. The Hall–Kier alpha value is -0.810. The maximum atomic E-state index is 12.0. The van der Waals surface area contributed by atoms with E-state index in [2.05, 4.69) is 24.1 Å². The van der Waals surface area contributed by atoms with Gasteiger partial charge in [-0.15, -0.1) is 0 Å². The summed E-state index contributed by atoms with van der Waals surface area (Å²) in [6.07, 6.45) is -0.181. The number of rotatable bonds is 1. The molecule has 2 aliphatic heterocycles. The number of carbonyl (C=O) groups is 1. The van der Waals surface area contributed by atoms with Gasteiger partial charge in [-0.25, -0.2) is 4.79 Å². The Kier molecular flexibility index (Phi) is 4.06. The summed E-state index contributed by atoms with van der Waals surface area (Å²) in [5.74, 6) is 0. The SMILES string of the molecule is C[C@@H]1[C@H](N2CCNC[C@@H]2C)CN1C(=O)OC(C)(C)C. The first kappa shape index (κ1) is 14.6. The number of amides is 1. The molecule has 1 amide bonds. The molecule has 19 heavy (non-hydrogen) atoms. The smallest absolute Gasteiger partial charge is 0.410 e. The fraction of sp³-hybridized carbons (Fsp3) is 0.929. The van der Waals surface area contributed by atoms with Crippen LogP contribution < -0.4 is 5.32 Å². The number of nitrogens with zero attached hydrogens (tertiary/aromatic N) is 2. The van der Waals surface area contributed by atoms with Crippen LogP contribution >= 0.6 is 0 Å². The van der Waals surface area contributed by atoms with Gasteiger partial charge in [0.25, 0.3) is 0 Å². The van der Waals surface area contributed by atoms with Gasteiger partial charge in [-0.3, -0.25) is 4.90 Å². The van der Waals surface area contributed by atoms with E-state index in [0.29, 0.717) is 12.1 Å². The van der Waals surface area contributed by atoms with Crippen molar-refractivity contribution >= 4 is 6.09 Å². The van der Waals surface area contributed by atoms with Gasteiger partial charge in [0.15, 0.2) is 0 Å². The lowest BCUT2D eigenvalue weighted by atomic mass is 9.94. The predicted octanol–water partition coefficient (Wildman–Crippen LogP) is 1.29. The van der Waals surface area contributed by atoms with Crippen molar-refractivity contribution in [2.45, 2.75) is 58.3 Å². The molecular formula is C14H27N3O2. The molecule has 0 aromatic rings. The average Bonchev–Trinajstić information content (AvgIpc) is 2.27. The average molecular weight is 269 g/mol. The van der Waals surface area contributed by atoms with Crippen molar-refractivity contribution in [1.29, 1.82) is 0 Å². The molecule has 0 unspecified atom stereocenters. The lowest BCUT2D eigenvalue weighted by Gasteiger charge is -2.53. The largest absolute Gasteiger partial charge is 0.444 e. The van der Waals surface area contributed by atoms with Crippen LogP contribution in [0.3, 0.4) is 0 Å². The van der Waals surface area contributed by atoms with Crippen molar-refractivity contribution in [2.24, 2.45) is 0 Å². The quantitative estimate of drug-likeness (QED) is 0.779. The maximum absolute atomic E-state index is 12.0. The molecule has 0 spiro atoms. The van der Waals surface area contributed by atoms with E-state index < -0.39 is 5.60 Å². The summed E-state index contributed by atoms with van der Waals surface area (Å²) < 4.78 is 5.43. The van der Waals surface area contributed by atoms with E-state index in [1.807, 2.05) is 25.7 Å². The van der Waals surface area contributed by atoms with Gasteiger partial charge in [0.2, 0.25) is 0 Å². The van der Waals surface area contributed by atoms with Crippen LogP contribution in [-0.4, -0.2) is 65.8 Å². The summed E-state index contributed by atoms with van der Waals surface area (Å²) in [4.78, 5) is 16.4. The number of likely N-dealkylation sites (tertiary alicyclic amines) is 1. The zero-order valence-electron chi connectivity index (χ0n) is 12.8. The molecule has 2 heterocycles. The third-order valence-electron chi connectivity index (χ3n) is 4.04. The van der Waals surface area contributed by atoms with Gasteiger partial charge in [-0.2, -0.15) is 0 Å². The van der Waals surface area contributed by atoms with Gasteiger partial charge in [0.1, 0.15) is 5.60 Å². The molecule has 0 saturated carbocycles. The Balaban J connectivity index is 1.88.